The number of halogens is 1. The molecule has 28 heavy (non-hydrogen) atoms. The van der Waals surface area contributed by atoms with Gasteiger partial charge >= 0.3 is 0 Å². The Labute approximate surface area is 165 Å². The molecular formula is C20H18FN2O4S-. The van der Waals surface area contributed by atoms with E-state index in [9.17, 15) is 23.9 Å². The van der Waals surface area contributed by atoms with Crippen LogP contribution in [0.1, 0.15) is 15.9 Å². The molecule has 2 aromatic carbocycles. The van der Waals surface area contributed by atoms with Crippen LogP contribution in [0.3, 0.4) is 0 Å². The van der Waals surface area contributed by atoms with Crippen molar-refractivity contribution in [3.05, 3.63) is 77.2 Å². The quantitative estimate of drug-likeness (QED) is 0.648. The highest BCUT2D eigenvalue weighted by Crippen LogP contribution is 2.12. The van der Waals surface area contributed by atoms with Gasteiger partial charge in [-0.2, -0.15) is 11.8 Å². The van der Waals surface area contributed by atoms with Gasteiger partial charge in [0.25, 0.3) is 11.8 Å². The summed E-state index contributed by atoms with van der Waals surface area (Å²) >= 11 is 1.21. The van der Waals surface area contributed by atoms with Gasteiger partial charge in [0.1, 0.15) is 11.5 Å². The number of hydrogen-bond donors (Lipinski definition) is 2. The summed E-state index contributed by atoms with van der Waals surface area (Å²) in [5, 5.41) is 15.9. The zero-order chi connectivity index (χ0) is 20.5. The standard InChI is InChI=1S/C20H19FN2O4S/c1-28-12-17(20(26)27)23-19(25)16(11-14-9-5-6-10-15(14)21)22-18(24)13-7-3-2-4-8-13/h2-11,17H,12H2,1H3,(H,22,24)(H,23,25)(H,26,27)/p-1/b16-11-/t17-/m1/s1. The van der Waals surface area contributed by atoms with Crippen LogP contribution in [0.5, 0.6) is 0 Å². The molecule has 1 atom stereocenters. The van der Waals surface area contributed by atoms with E-state index in [0.717, 1.165) is 6.08 Å². The van der Waals surface area contributed by atoms with Crippen molar-refractivity contribution in [2.24, 2.45) is 0 Å². The van der Waals surface area contributed by atoms with Gasteiger partial charge in [-0.1, -0.05) is 36.4 Å². The van der Waals surface area contributed by atoms with E-state index in [4.69, 9.17) is 0 Å². The smallest absolute Gasteiger partial charge is 0.268 e. The molecule has 0 bridgehead atoms. The minimum absolute atomic E-state index is 0.0656. The molecule has 6 nitrogen and oxygen atoms in total. The van der Waals surface area contributed by atoms with Gasteiger partial charge in [0.05, 0.1) is 12.0 Å². The van der Waals surface area contributed by atoms with Crippen LogP contribution in [0.15, 0.2) is 60.3 Å². The normalized spacial score (nSPS) is 12.1. The lowest BCUT2D eigenvalue weighted by Gasteiger charge is -2.20. The first-order valence-electron chi connectivity index (χ1n) is 8.25. The molecule has 0 aliphatic carbocycles. The predicted octanol–water partition coefficient (Wildman–Crippen LogP) is 1.19. The molecule has 2 rings (SSSR count). The third-order valence-corrected chi connectivity index (χ3v) is 4.32. The van der Waals surface area contributed by atoms with Gasteiger partial charge in [-0.3, -0.25) is 9.59 Å². The molecule has 2 aromatic rings. The molecule has 0 aliphatic heterocycles. The third-order valence-electron chi connectivity index (χ3n) is 3.66. The summed E-state index contributed by atoms with van der Waals surface area (Å²) in [4.78, 5) is 36.2. The van der Waals surface area contributed by atoms with E-state index in [1.165, 1.54) is 30.0 Å². The second-order valence-corrected chi connectivity index (χ2v) is 6.61. The Morgan fingerprint density at radius 3 is 2.36 bits per heavy atom. The van der Waals surface area contributed by atoms with Gasteiger partial charge in [-0.25, -0.2) is 4.39 Å². The lowest BCUT2D eigenvalue weighted by molar-refractivity contribution is -0.307. The van der Waals surface area contributed by atoms with Crippen molar-refractivity contribution in [2.75, 3.05) is 12.0 Å². The lowest BCUT2D eigenvalue weighted by Crippen LogP contribution is -2.51. The van der Waals surface area contributed by atoms with Gasteiger partial charge < -0.3 is 20.5 Å². The fraction of sp³-hybridized carbons (Fsp3) is 0.150. The van der Waals surface area contributed by atoms with Gasteiger partial charge in [0, 0.05) is 16.9 Å². The Balaban J connectivity index is 2.33. The Hall–Kier alpha value is -3.13. The van der Waals surface area contributed by atoms with E-state index in [2.05, 4.69) is 10.6 Å². The van der Waals surface area contributed by atoms with Crippen LogP contribution < -0.4 is 15.7 Å². The molecule has 0 heterocycles. The number of thioether (sulfide) groups is 1. The van der Waals surface area contributed by atoms with Crippen LogP contribution in [0.25, 0.3) is 6.08 Å². The van der Waals surface area contributed by atoms with Crippen LogP contribution in [0.4, 0.5) is 4.39 Å². The van der Waals surface area contributed by atoms with E-state index in [0.29, 0.717) is 0 Å². The third kappa shape index (κ3) is 5.95. The highest BCUT2D eigenvalue weighted by atomic mass is 32.2. The van der Waals surface area contributed by atoms with Crippen LogP contribution in [-0.4, -0.2) is 35.8 Å². The largest absolute Gasteiger partial charge is 0.548 e. The first kappa shape index (κ1) is 21.2. The van der Waals surface area contributed by atoms with E-state index in [1.54, 1.807) is 42.7 Å². The number of carboxylic acid groups (broad SMARTS) is 1. The molecule has 2 amide bonds. The highest BCUT2D eigenvalue weighted by Gasteiger charge is 2.19. The van der Waals surface area contributed by atoms with Crippen LogP contribution >= 0.6 is 11.8 Å². The number of hydrogen-bond acceptors (Lipinski definition) is 5. The van der Waals surface area contributed by atoms with Crippen molar-refractivity contribution in [3.8, 4) is 0 Å². The first-order valence-corrected chi connectivity index (χ1v) is 9.65. The molecule has 0 aromatic heterocycles. The number of carbonyl (C=O) groups excluding carboxylic acids is 3. The average molecular weight is 401 g/mol. The summed E-state index contributed by atoms with van der Waals surface area (Å²) in [6, 6.07) is 12.6. The molecule has 0 radical (unpaired) electrons. The number of aliphatic carboxylic acids is 1. The Morgan fingerprint density at radius 1 is 1.11 bits per heavy atom. The van der Waals surface area contributed by atoms with Crippen LogP contribution in [0.2, 0.25) is 0 Å². The number of carboxylic acids is 1. The first-order chi connectivity index (χ1) is 13.4. The molecule has 0 saturated carbocycles. The predicted molar refractivity (Wildman–Crippen MR) is 104 cm³/mol. The average Bonchev–Trinajstić information content (AvgIpc) is 2.69. The summed E-state index contributed by atoms with van der Waals surface area (Å²) in [7, 11) is 0. The molecule has 2 N–H and O–H groups in total. The number of nitrogens with one attached hydrogen (secondary N) is 2. The molecule has 0 saturated heterocycles. The zero-order valence-corrected chi connectivity index (χ0v) is 15.8. The fourth-order valence-corrected chi connectivity index (χ4v) is 2.81. The van der Waals surface area contributed by atoms with Crippen LogP contribution in [0, 0.1) is 5.82 Å². The SMILES string of the molecule is CSC[C@@H](NC(=O)/C(=C/c1ccccc1F)NC(=O)c1ccccc1)C(=O)[O-]. The highest BCUT2D eigenvalue weighted by molar-refractivity contribution is 7.98. The minimum Gasteiger partial charge on any atom is -0.548 e. The van der Waals surface area contributed by atoms with Crippen molar-refractivity contribution in [1.29, 1.82) is 0 Å². The lowest BCUT2D eigenvalue weighted by atomic mass is 10.1. The van der Waals surface area contributed by atoms with E-state index < -0.39 is 29.6 Å². The van der Waals surface area contributed by atoms with E-state index in [-0.39, 0.29) is 22.6 Å². The van der Waals surface area contributed by atoms with Crippen molar-refractivity contribution in [2.45, 2.75) is 6.04 Å². The Morgan fingerprint density at radius 2 is 1.75 bits per heavy atom. The van der Waals surface area contributed by atoms with Gasteiger partial charge in [0.15, 0.2) is 0 Å². The monoisotopic (exact) mass is 401 g/mol. The molecule has 8 heteroatoms. The van der Waals surface area contributed by atoms with E-state index in [1.807, 2.05) is 0 Å². The summed E-state index contributed by atoms with van der Waals surface area (Å²) in [6.07, 6.45) is 2.83. The molecule has 0 aliphatic rings. The maximum absolute atomic E-state index is 14.0. The van der Waals surface area contributed by atoms with Crippen LogP contribution in [-0.2, 0) is 9.59 Å². The summed E-state index contributed by atoms with van der Waals surface area (Å²) in [5.41, 5.74) is 0.0671. The maximum atomic E-state index is 14.0. The molecular weight excluding hydrogens is 383 g/mol. The van der Waals surface area contributed by atoms with Crippen molar-refractivity contribution in [3.63, 3.8) is 0 Å². The zero-order valence-electron chi connectivity index (χ0n) is 15.0. The number of benzene rings is 2. The molecule has 146 valence electrons. The van der Waals surface area contributed by atoms with Gasteiger partial charge in [-0.05, 0) is 30.5 Å². The summed E-state index contributed by atoms with van der Waals surface area (Å²) in [5.74, 6) is -3.43. The molecule has 0 unspecified atom stereocenters. The van der Waals surface area contributed by atoms with Crippen molar-refractivity contribution >= 4 is 35.6 Å². The second kappa shape index (κ2) is 10.3. The maximum Gasteiger partial charge on any atom is 0.268 e. The van der Waals surface area contributed by atoms with Gasteiger partial charge in [-0.15, -0.1) is 0 Å². The van der Waals surface area contributed by atoms with Crippen molar-refractivity contribution < 1.29 is 23.9 Å². The Bertz CT molecular complexity index is 887. The van der Waals surface area contributed by atoms with Gasteiger partial charge in [0.2, 0.25) is 0 Å². The molecule has 0 fully saturated rings. The number of amides is 2. The molecule has 0 spiro atoms. The number of carbonyl (C=O) groups is 3. The summed E-state index contributed by atoms with van der Waals surface area (Å²) in [6.45, 7) is 0. The fourth-order valence-electron chi connectivity index (χ4n) is 2.26. The second-order valence-electron chi connectivity index (χ2n) is 5.70. The topological polar surface area (TPSA) is 98.3 Å². The summed E-state index contributed by atoms with van der Waals surface area (Å²) < 4.78 is 14.0. The Kier molecular flexibility index (Phi) is 7.76. The van der Waals surface area contributed by atoms with Crippen molar-refractivity contribution in [1.82, 2.24) is 10.6 Å². The minimum atomic E-state index is -1.46. The number of rotatable bonds is 8. The van der Waals surface area contributed by atoms with E-state index >= 15 is 0 Å².